The third kappa shape index (κ3) is 2.70. The highest BCUT2D eigenvalue weighted by Crippen LogP contribution is 2.57. The monoisotopic (exact) mass is 509 g/mol. The Morgan fingerprint density at radius 2 is 0.897 bits per heavy atom. The van der Waals surface area contributed by atoms with Gasteiger partial charge in [0.15, 0.2) is 0 Å². The summed E-state index contributed by atoms with van der Waals surface area (Å²) in [5.74, 6) is 6.52. The highest BCUT2D eigenvalue weighted by Gasteiger charge is 2.44. The van der Waals surface area contributed by atoms with Crippen molar-refractivity contribution < 1.29 is 0 Å². The van der Waals surface area contributed by atoms with E-state index in [4.69, 9.17) is 9.97 Å². The SMILES string of the molecule is c1cc2c3ccc4cc5c(nc4c3[nH]c2c2nc3c(cc12)C1CC2CC(C1)CC3C2)C1CC2CC(CC5C2)C1. The van der Waals surface area contributed by atoms with E-state index in [9.17, 15) is 0 Å². The molecule has 4 saturated carbocycles. The molecule has 13 rings (SSSR count). The minimum Gasteiger partial charge on any atom is -0.351 e. The van der Waals surface area contributed by atoms with Gasteiger partial charge in [0.2, 0.25) is 0 Å². The van der Waals surface area contributed by atoms with Crippen molar-refractivity contribution in [2.24, 2.45) is 23.7 Å². The topological polar surface area (TPSA) is 41.6 Å². The van der Waals surface area contributed by atoms with E-state index in [-0.39, 0.29) is 0 Å². The maximum Gasteiger partial charge on any atom is 0.0946 e. The van der Waals surface area contributed by atoms with Crippen LogP contribution < -0.4 is 0 Å². The second-order valence-electron chi connectivity index (χ2n) is 14.8. The normalized spacial score (nSPS) is 35.7. The summed E-state index contributed by atoms with van der Waals surface area (Å²) in [4.78, 5) is 15.1. The summed E-state index contributed by atoms with van der Waals surface area (Å²) in [6, 6.07) is 14.5. The van der Waals surface area contributed by atoms with Gasteiger partial charge in [-0.1, -0.05) is 24.3 Å². The number of pyridine rings is 2. The van der Waals surface area contributed by atoms with E-state index < -0.39 is 0 Å². The summed E-state index contributed by atoms with van der Waals surface area (Å²) in [7, 11) is 0. The van der Waals surface area contributed by atoms with Crippen LogP contribution in [0.1, 0.15) is 110 Å². The Balaban J connectivity index is 1.16. The first kappa shape index (κ1) is 20.9. The van der Waals surface area contributed by atoms with E-state index in [2.05, 4.69) is 41.4 Å². The lowest BCUT2D eigenvalue weighted by Crippen LogP contribution is -2.25. The molecule has 0 saturated heterocycles. The number of aromatic nitrogens is 3. The lowest BCUT2D eigenvalue weighted by Gasteiger charge is -2.38. The maximum absolute atomic E-state index is 5.56. The van der Waals surface area contributed by atoms with E-state index in [1.807, 2.05) is 0 Å². The average molecular weight is 510 g/mol. The van der Waals surface area contributed by atoms with Gasteiger partial charge in [0, 0.05) is 44.8 Å². The van der Waals surface area contributed by atoms with Crippen LogP contribution in [0.15, 0.2) is 36.4 Å². The molecule has 8 aliphatic carbocycles. The van der Waals surface area contributed by atoms with Gasteiger partial charge in [-0.05, 0) is 123 Å². The molecule has 8 aliphatic rings. The molecule has 4 unspecified atom stereocenters. The van der Waals surface area contributed by atoms with Crippen molar-refractivity contribution >= 4 is 43.6 Å². The Hall–Kier alpha value is -2.94. The summed E-state index contributed by atoms with van der Waals surface area (Å²) >= 11 is 0. The Bertz CT molecular complexity index is 1730. The van der Waals surface area contributed by atoms with Crippen molar-refractivity contribution in [1.82, 2.24) is 15.0 Å². The molecule has 4 fully saturated rings. The van der Waals surface area contributed by atoms with Crippen LogP contribution in [0.2, 0.25) is 0 Å². The first-order valence-electron chi connectivity index (χ1n) is 15.9. The van der Waals surface area contributed by atoms with E-state index >= 15 is 0 Å². The lowest BCUT2D eigenvalue weighted by molar-refractivity contribution is 0.165. The van der Waals surface area contributed by atoms with Crippen LogP contribution >= 0.6 is 0 Å². The number of hydrogen-bond donors (Lipinski definition) is 1. The Morgan fingerprint density at radius 3 is 1.33 bits per heavy atom. The number of nitrogens with zero attached hydrogens (tertiary/aromatic N) is 2. The fourth-order valence-corrected chi connectivity index (χ4v) is 11.3. The summed E-state index contributed by atoms with van der Waals surface area (Å²) in [5.41, 5.74) is 10.9. The maximum atomic E-state index is 5.56. The van der Waals surface area contributed by atoms with Gasteiger partial charge in [-0.25, -0.2) is 0 Å². The molecule has 5 aromatic rings. The zero-order valence-electron chi connectivity index (χ0n) is 22.5. The van der Waals surface area contributed by atoms with E-state index in [0.29, 0.717) is 11.8 Å². The molecule has 2 aromatic carbocycles. The van der Waals surface area contributed by atoms with Gasteiger partial charge >= 0.3 is 0 Å². The van der Waals surface area contributed by atoms with Crippen molar-refractivity contribution in [1.29, 1.82) is 0 Å². The van der Waals surface area contributed by atoms with Gasteiger partial charge in [-0.2, -0.15) is 0 Å². The molecule has 3 heterocycles. The van der Waals surface area contributed by atoms with Gasteiger partial charge in [-0.15, -0.1) is 0 Å². The predicted octanol–water partition coefficient (Wildman–Crippen LogP) is 9.20. The number of fused-ring (bicyclic) bond motifs is 7. The highest BCUT2D eigenvalue weighted by molar-refractivity contribution is 6.20. The quantitative estimate of drug-likeness (QED) is 0.226. The molecule has 0 spiro atoms. The van der Waals surface area contributed by atoms with Crippen molar-refractivity contribution in [2.75, 3.05) is 0 Å². The van der Waals surface area contributed by atoms with Gasteiger partial charge < -0.3 is 4.98 Å². The molecule has 3 heteroatoms. The minimum absolute atomic E-state index is 0.670. The molecule has 39 heavy (non-hydrogen) atoms. The Labute approximate surface area is 228 Å². The van der Waals surface area contributed by atoms with Crippen molar-refractivity contribution in [2.45, 2.75) is 87.9 Å². The molecule has 8 bridgehead atoms. The van der Waals surface area contributed by atoms with E-state index in [1.165, 1.54) is 119 Å². The molecule has 0 amide bonds. The summed E-state index contributed by atoms with van der Waals surface area (Å²) in [6.07, 6.45) is 14.0. The number of benzene rings is 2. The Kier molecular flexibility index (Phi) is 3.77. The molecular formula is C36H35N3. The zero-order chi connectivity index (χ0) is 25.0. The number of aromatic amines is 1. The first-order valence-corrected chi connectivity index (χ1v) is 15.9. The fourth-order valence-electron chi connectivity index (χ4n) is 11.3. The largest absolute Gasteiger partial charge is 0.351 e. The molecule has 0 radical (unpaired) electrons. The number of rotatable bonds is 0. The highest BCUT2D eigenvalue weighted by atomic mass is 14.8. The second kappa shape index (κ2) is 7.03. The van der Waals surface area contributed by atoms with Crippen LogP contribution in [0.5, 0.6) is 0 Å². The zero-order valence-corrected chi connectivity index (χ0v) is 22.5. The number of H-pyrrole nitrogens is 1. The van der Waals surface area contributed by atoms with Gasteiger partial charge in [0.1, 0.15) is 0 Å². The molecule has 3 nitrogen and oxygen atoms in total. The third-order valence-corrected chi connectivity index (χ3v) is 12.6. The summed E-state index contributed by atoms with van der Waals surface area (Å²) in [6.45, 7) is 0. The van der Waals surface area contributed by atoms with Crippen molar-refractivity contribution in [3.63, 3.8) is 0 Å². The van der Waals surface area contributed by atoms with Gasteiger partial charge in [0.25, 0.3) is 0 Å². The van der Waals surface area contributed by atoms with E-state index in [1.54, 1.807) is 11.1 Å². The molecule has 4 atom stereocenters. The van der Waals surface area contributed by atoms with Crippen LogP contribution in [-0.4, -0.2) is 15.0 Å². The molecular weight excluding hydrogens is 474 g/mol. The molecule has 1 N–H and O–H groups in total. The van der Waals surface area contributed by atoms with Crippen LogP contribution in [0.25, 0.3) is 43.6 Å². The van der Waals surface area contributed by atoms with Gasteiger partial charge in [0.05, 0.1) is 22.1 Å². The number of nitrogens with one attached hydrogen (secondary N) is 1. The second-order valence-corrected chi connectivity index (χ2v) is 14.8. The standard InChI is InChI=1S/C36H35N3/c1-3-27-28-4-2-22-16-30-24-9-19-6-20(10-24)14-26(13-19)32(30)38-34(22)36(28)39-35(27)33-21(1)15-29-23-7-17-5-18(8-23)12-25(11-17)31(29)37-33/h1-4,15-20,23-26,39H,5-14H2. The predicted molar refractivity (Wildman–Crippen MR) is 158 cm³/mol. The summed E-state index contributed by atoms with van der Waals surface area (Å²) < 4.78 is 0. The lowest BCUT2D eigenvalue weighted by atomic mass is 9.67. The minimum atomic E-state index is 0.670. The van der Waals surface area contributed by atoms with Crippen LogP contribution in [-0.2, 0) is 0 Å². The van der Waals surface area contributed by atoms with Crippen molar-refractivity contribution in [3.05, 3.63) is 58.9 Å². The van der Waals surface area contributed by atoms with Crippen LogP contribution in [0.4, 0.5) is 0 Å². The fraction of sp³-hybridized carbons (Fsp3) is 0.500. The van der Waals surface area contributed by atoms with E-state index in [0.717, 1.165) is 35.5 Å². The van der Waals surface area contributed by atoms with Crippen LogP contribution in [0, 0.1) is 23.7 Å². The Morgan fingerprint density at radius 1 is 0.487 bits per heavy atom. The smallest absolute Gasteiger partial charge is 0.0946 e. The molecule has 0 aliphatic heterocycles. The van der Waals surface area contributed by atoms with Gasteiger partial charge in [-0.3, -0.25) is 9.97 Å². The van der Waals surface area contributed by atoms with Crippen molar-refractivity contribution in [3.8, 4) is 0 Å². The summed E-state index contributed by atoms with van der Waals surface area (Å²) in [5, 5.41) is 5.24. The average Bonchev–Trinajstić information content (AvgIpc) is 3.16. The third-order valence-electron chi connectivity index (χ3n) is 12.6. The molecule has 194 valence electrons. The first-order chi connectivity index (χ1) is 19.2. The van der Waals surface area contributed by atoms with Crippen LogP contribution in [0.3, 0.4) is 0 Å². The molecule has 3 aromatic heterocycles. The number of hydrogen-bond acceptors (Lipinski definition) is 2.